The number of nitrogens with zero attached hydrogens (tertiary/aromatic N) is 4. The molecule has 2 aliphatic heterocycles. The maximum atomic E-state index is 4.87. The first-order valence-corrected chi connectivity index (χ1v) is 11.8. The molecular formula is C25H36N6. The van der Waals surface area contributed by atoms with Gasteiger partial charge in [0.15, 0.2) is 5.96 Å². The second-order valence-corrected chi connectivity index (χ2v) is 8.46. The van der Waals surface area contributed by atoms with Crippen LogP contribution in [0.5, 0.6) is 0 Å². The Morgan fingerprint density at radius 2 is 1.74 bits per heavy atom. The summed E-state index contributed by atoms with van der Waals surface area (Å²) in [6.07, 6.45) is 7.02. The highest BCUT2D eigenvalue weighted by atomic mass is 15.2. The summed E-state index contributed by atoms with van der Waals surface area (Å²) in [7, 11) is 0. The molecule has 2 aromatic rings. The Hall–Kier alpha value is -2.60. The predicted molar refractivity (Wildman–Crippen MR) is 128 cm³/mol. The van der Waals surface area contributed by atoms with Gasteiger partial charge in [0.05, 0.1) is 12.6 Å². The van der Waals surface area contributed by atoms with E-state index in [2.05, 4.69) is 74.8 Å². The molecule has 6 nitrogen and oxygen atoms in total. The molecule has 2 aliphatic rings. The summed E-state index contributed by atoms with van der Waals surface area (Å²) in [4.78, 5) is 14.4. The zero-order valence-electron chi connectivity index (χ0n) is 18.8. The van der Waals surface area contributed by atoms with Crippen molar-refractivity contribution in [1.29, 1.82) is 0 Å². The van der Waals surface area contributed by atoms with Crippen LogP contribution in [0.2, 0.25) is 0 Å². The summed E-state index contributed by atoms with van der Waals surface area (Å²) in [5.74, 6) is 1.96. The number of aromatic nitrogens is 1. The van der Waals surface area contributed by atoms with Crippen molar-refractivity contribution in [3.05, 3.63) is 59.8 Å². The van der Waals surface area contributed by atoms with E-state index in [1.807, 2.05) is 6.20 Å². The van der Waals surface area contributed by atoms with Crippen LogP contribution >= 0.6 is 0 Å². The third kappa shape index (κ3) is 5.97. The van der Waals surface area contributed by atoms with E-state index in [4.69, 9.17) is 4.99 Å². The average molecular weight is 421 g/mol. The lowest BCUT2D eigenvalue weighted by atomic mass is 10.1. The number of pyridine rings is 1. The van der Waals surface area contributed by atoms with Gasteiger partial charge in [0.25, 0.3) is 0 Å². The molecule has 166 valence electrons. The number of likely N-dealkylation sites (tertiary alicyclic amines) is 1. The van der Waals surface area contributed by atoms with Gasteiger partial charge in [-0.1, -0.05) is 30.3 Å². The van der Waals surface area contributed by atoms with Crippen molar-refractivity contribution >= 4 is 11.8 Å². The van der Waals surface area contributed by atoms with Crippen LogP contribution in [0.1, 0.15) is 49.8 Å². The third-order valence-electron chi connectivity index (χ3n) is 6.23. The van der Waals surface area contributed by atoms with Crippen LogP contribution in [0.25, 0.3) is 0 Å². The highest BCUT2D eigenvalue weighted by Gasteiger charge is 2.23. The number of guanidine groups is 1. The zero-order valence-corrected chi connectivity index (χ0v) is 18.8. The lowest BCUT2D eigenvalue weighted by Gasteiger charge is -2.29. The molecule has 0 aliphatic carbocycles. The van der Waals surface area contributed by atoms with E-state index in [1.54, 1.807) is 0 Å². The molecular weight excluding hydrogens is 384 g/mol. The van der Waals surface area contributed by atoms with Gasteiger partial charge in [-0.15, -0.1) is 0 Å². The van der Waals surface area contributed by atoms with Crippen molar-refractivity contribution in [2.45, 2.75) is 45.2 Å². The number of nitrogens with one attached hydrogen (secondary N) is 2. The van der Waals surface area contributed by atoms with Crippen LogP contribution in [0.15, 0.2) is 53.7 Å². The summed E-state index contributed by atoms with van der Waals surface area (Å²) in [5.41, 5.74) is 2.57. The van der Waals surface area contributed by atoms with Gasteiger partial charge in [-0.05, 0) is 69.0 Å². The van der Waals surface area contributed by atoms with Gasteiger partial charge in [-0.3, -0.25) is 4.90 Å². The Morgan fingerprint density at radius 1 is 1.00 bits per heavy atom. The van der Waals surface area contributed by atoms with E-state index >= 15 is 0 Å². The fraction of sp³-hybridized carbons (Fsp3) is 0.520. The molecule has 0 bridgehead atoms. The lowest BCUT2D eigenvalue weighted by Crippen LogP contribution is -2.42. The average Bonchev–Trinajstić information content (AvgIpc) is 3.53. The first-order valence-electron chi connectivity index (χ1n) is 11.8. The van der Waals surface area contributed by atoms with Gasteiger partial charge in [-0.25, -0.2) is 9.98 Å². The maximum Gasteiger partial charge on any atom is 0.191 e. The van der Waals surface area contributed by atoms with Crippen LogP contribution in [-0.2, 0) is 6.54 Å². The van der Waals surface area contributed by atoms with Crippen molar-refractivity contribution in [3.8, 4) is 0 Å². The third-order valence-corrected chi connectivity index (χ3v) is 6.23. The quantitative estimate of drug-likeness (QED) is 0.505. The molecule has 3 heterocycles. The van der Waals surface area contributed by atoms with Crippen molar-refractivity contribution in [2.24, 2.45) is 4.99 Å². The molecule has 6 heteroatoms. The number of hydrogen-bond donors (Lipinski definition) is 2. The molecule has 2 N–H and O–H groups in total. The molecule has 0 amide bonds. The molecule has 2 fully saturated rings. The van der Waals surface area contributed by atoms with E-state index in [9.17, 15) is 0 Å². The summed E-state index contributed by atoms with van der Waals surface area (Å²) < 4.78 is 0. The number of rotatable bonds is 8. The summed E-state index contributed by atoms with van der Waals surface area (Å²) in [6, 6.07) is 15.5. The molecule has 0 saturated carbocycles. The minimum atomic E-state index is 0.371. The zero-order chi connectivity index (χ0) is 21.3. The summed E-state index contributed by atoms with van der Waals surface area (Å²) >= 11 is 0. The van der Waals surface area contributed by atoms with Crippen LogP contribution < -0.4 is 15.5 Å². The van der Waals surface area contributed by atoms with E-state index in [0.29, 0.717) is 12.6 Å². The molecule has 4 rings (SSSR count). The fourth-order valence-corrected chi connectivity index (χ4v) is 4.57. The summed E-state index contributed by atoms with van der Waals surface area (Å²) in [5, 5.41) is 7.02. The van der Waals surface area contributed by atoms with E-state index < -0.39 is 0 Å². The molecule has 1 atom stereocenters. The maximum absolute atomic E-state index is 4.87. The van der Waals surface area contributed by atoms with E-state index in [1.165, 1.54) is 49.9 Å². The standard InChI is InChI=1S/C25H36N6/c1-2-26-25(28-19-21-12-13-27-24(18-21)31-16-8-9-17-31)29-20-23(30-14-6-7-15-30)22-10-4-3-5-11-22/h3-5,10-13,18,23H,2,6-9,14-17,19-20H2,1H3,(H2,26,28,29). The number of anilines is 1. The molecule has 31 heavy (non-hydrogen) atoms. The first-order chi connectivity index (χ1) is 15.3. The Balaban J connectivity index is 1.41. The fourth-order valence-electron chi connectivity index (χ4n) is 4.57. The van der Waals surface area contributed by atoms with Gasteiger partial charge in [0, 0.05) is 32.4 Å². The van der Waals surface area contributed by atoms with Crippen molar-refractivity contribution in [2.75, 3.05) is 44.2 Å². The topological polar surface area (TPSA) is 55.8 Å². The highest BCUT2D eigenvalue weighted by Crippen LogP contribution is 2.24. The Labute approximate surface area is 186 Å². The minimum Gasteiger partial charge on any atom is -0.357 e. The molecule has 1 aromatic carbocycles. The Morgan fingerprint density at radius 3 is 2.48 bits per heavy atom. The van der Waals surface area contributed by atoms with Gasteiger partial charge >= 0.3 is 0 Å². The van der Waals surface area contributed by atoms with Crippen LogP contribution in [0.3, 0.4) is 0 Å². The summed E-state index contributed by atoms with van der Waals surface area (Å²) in [6.45, 7) is 9.04. The van der Waals surface area contributed by atoms with Crippen LogP contribution in [0, 0.1) is 0 Å². The van der Waals surface area contributed by atoms with Gasteiger partial charge in [-0.2, -0.15) is 0 Å². The van der Waals surface area contributed by atoms with Crippen molar-refractivity contribution < 1.29 is 0 Å². The highest BCUT2D eigenvalue weighted by molar-refractivity contribution is 5.79. The molecule has 2 saturated heterocycles. The lowest BCUT2D eigenvalue weighted by molar-refractivity contribution is 0.245. The second kappa shape index (κ2) is 11.1. The van der Waals surface area contributed by atoms with Crippen LogP contribution in [0.4, 0.5) is 5.82 Å². The van der Waals surface area contributed by atoms with Crippen molar-refractivity contribution in [3.63, 3.8) is 0 Å². The molecule has 0 radical (unpaired) electrons. The monoisotopic (exact) mass is 420 g/mol. The van der Waals surface area contributed by atoms with Gasteiger partial charge < -0.3 is 15.5 Å². The van der Waals surface area contributed by atoms with Crippen molar-refractivity contribution in [1.82, 2.24) is 20.5 Å². The number of hydrogen-bond acceptors (Lipinski definition) is 4. The minimum absolute atomic E-state index is 0.371. The molecule has 1 unspecified atom stereocenters. The SMILES string of the molecule is CCNC(=NCc1ccnc(N2CCCC2)c1)NCC(c1ccccc1)N1CCCC1. The van der Waals surface area contributed by atoms with E-state index in [0.717, 1.165) is 38.0 Å². The first kappa shape index (κ1) is 21.6. The van der Waals surface area contributed by atoms with Gasteiger partial charge in [0.1, 0.15) is 5.82 Å². The number of aliphatic imine (C=N–C) groups is 1. The van der Waals surface area contributed by atoms with Gasteiger partial charge in [0.2, 0.25) is 0 Å². The number of benzene rings is 1. The molecule has 0 spiro atoms. The van der Waals surface area contributed by atoms with Crippen LogP contribution in [-0.4, -0.2) is 55.1 Å². The largest absolute Gasteiger partial charge is 0.357 e. The van der Waals surface area contributed by atoms with E-state index in [-0.39, 0.29) is 0 Å². The Bertz CT molecular complexity index is 825. The Kier molecular flexibility index (Phi) is 7.77. The predicted octanol–water partition coefficient (Wildman–Crippen LogP) is 3.57. The second-order valence-electron chi connectivity index (χ2n) is 8.46. The molecule has 1 aromatic heterocycles. The normalized spacial score (nSPS) is 18.4. The smallest absolute Gasteiger partial charge is 0.191 e.